The molecule has 0 amide bonds. The highest BCUT2D eigenvalue weighted by Gasteiger charge is 2.19. The number of aliphatic hydroxyl groups excluding tert-OH is 1. The van der Waals surface area contributed by atoms with E-state index in [1.807, 2.05) is 31.3 Å². The second-order valence-electron chi connectivity index (χ2n) is 6.37. The van der Waals surface area contributed by atoms with Gasteiger partial charge in [-0.15, -0.1) is 0 Å². The number of H-pyrrole nitrogens is 1. The molecule has 0 bridgehead atoms. The molecule has 3 aromatic rings. The van der Waals surface area contributed by atoms with Gasteiger partial charge in [0.2, 0.25) is 5.95 Å². The maximum Gasteiger partial charge on any atom is 0.223 e. The Morgan fingerprint density at radius 2 is 2.16 bits per heavy atom. The molecule has 0 aliphatic heterocycles. The van der Waals surface area contributed by atoms with Crippen molar-refractivity contribution in [3.05, 3.63) is 35.6 Å². The number of para-hydroxylation sites is 1. The minimum atomic E-state index is -2.42. The Labute approximate surface area is 151 Å². The Bertz CT molecular complexity index is 966. The van der Waals surface area contributed by atoms with E-state index in [1.165, 1.54) is 6.20 Å². The number of hydrogen-bond donors (Lipinski definition) is 3. The minimum Gasteiger partial charge on any atom is -0.394 e. The van der Waals surface area contributed by atoms with Crippen molar-refractivity contribution in [2.45, 2.75) is 13.0 Å². The van der Waals surface area contributed by atoms with Gasteiger partial charge in [-0.2, -0.15) is 0 Å². The van der Waals surface area contributed by atoms with Gasteiger partial charge in [-0.25, -0.2) is 9.97 Å². The van der Waals surface area contributed by atoms with Crippen molar-refractivity contribution in [1.82, 2.24) is 15.0 Å². The van der Waals surface area contributed by atoms with E-state index in [4.69, 9.17) is 11.6 Å². The first-order chi connectivity index (χ1) is 11.8. The number of aromatic nitrogens is 3. The van der Waals surface area contributed by atoms with Gasteiger partial charge < -0.3 is 20.0 Å². The fourth-order valence-corrected chi connectivity index (χ4v) is 4.04. The Morgan fingerprint density at radius 1 is 1.40 bits per heavy atom. The van der Waals surface area contributed by atoms with Gasteiger partial charge in [0, 0.05) is 28.5 Å². The standard InChI is InChI=1S/C17H20ClN4O2P/c1-10(9-23)21-17-20-8-13(18)15(22-17)12-7-19-16-11(12)5-4-6-14(16)25(2,3)24/h4-8,10,19,23H,9H2,1-3H3,(H,20,21,22)/t10-/m0/s1. The topological polar surface area (TPSA) is 90.9 Å². The van der Waals surface area contributed by atoms with Crippen molar-refractivity contribution in [1.29, 1.82) is 0 Å². The highest BCUT2D eigenvalue weighted by Crippen LogP contribution is 2.39. The van der Waals surface area contributed by atoms with Crippen LogP contribution in [0, 0.1) is 0 Å². The Balaban J connectivity index is 2.14. The number of benzene rings is 1. The van der Waals surface area contributed by atoms with Crippen LogP contribution in [0.5, 0.6) is 0 Å². The average molecular weight is 379 g/mol. The van der Waals surface area contributed by atoms with Crippen LogP contribution in [0.2, 0.25) is 5.02 Å². The summed E-state index contributed by atoms with van der Waals surface area (Å²) in [5.74, 6) is 0.392. The van der Waals surface area contributed by atoms with Crippen LogP contribution >= 0.6 is 18.7 Å². The van der Waals surface area contributed by atoms with Crippen LogP contribution in [0.15, 0.2) is 30.6 Å². The molecule has 0 aliphatic rings. The number of nitrogens with one attached hydrogen (secondary N) is 2. The zero-order valence-corrected chi connectivity index (χ0v) is 15.9. The second-order valence-corrected chi connectivity index (χ2v) is 9.96. The van der Waals surface area contributed by atoms with E-state index in [2.05, 4.69) is 20.3 Å². The molecule has 0 fully saturated rings. The molecule has 3 rings (SSSR count). The quantitative estimate of drug-likeness (QED) is 0.592. The summed E-state index contributed by atoms with van der Waals surface area (Å²) in [6, 6.07) is 5.54. The molecule has 0 saturated heterocycles. The highest BCUT2D eigenvalue weighted by atomic mass is 35.5. The largest absolute Gasteiger partial charge is 0.394 e. The third-order valence-electron chi connectivity index (χ3n) is 3.92. The average Bonchev–Trinajstić information content (AvgIpc) is 2.99. The van der Waals surface area contributed by atoms with Gasteiger partial charge in [-0.05, 0) is 26.3 Å². The van der Waals surface area contributed by atoms with Gasteiger partial charge >= 0.3 is 0 Å². The molecule has 0 saturated carbocycles. The summed E-state index contributed by atoms with van der Waals surface area (Å²) in [4.78, 5) is 11.9. The minimum absolute atomic E-state index is 0.0277. The van der Waals surface area contributed by atoms with E-state index in [-0.39, 0.29) is 12.6 Å². The zero-order valence-electron chi connectivity index (χ0n) is 14.2. The molecule has 2 aromatic heterocycles. The lowest BCUT2D eigenvalue weighted by molar-refractivity contribution is 0.281. The molecule has 0 spiro atoms. The maximum absolute atomic E-state index is 12.5. The molecular weight excluding hydrogens is 359 g/mol. The van der Waals surface area contributed by atoms with E-state index in [1.54, 1.807) is 13.3 Å². The summed E-state index contributed by atoms with van der Waals surface area (Å²) in [5.41, 5.74) is 2.23. The molecule has 3 N–H and O–H groups in total. The third-order valence-corrected chi connectivity index (χ3v) is 5.73. The summed E-state index contributed by atoms with van der Waals surface area (Å²) >= 11 is 6.32. The first kappa shape index (κ1) is 17.9. The molecule has 8 heteroatoms. The van der Waals surface area contributed by atoms with Gasteiger partial charge in [0.05, 0.1) is 29.0 Å². The van der Waals surface area contributed by atoms with Crippen LogP contribution in [0.25, 0.3) is 22.2 Å². The van der Waals surface area contributed by atoms with E-state index in [0.29, 0.717) is 16.7 Å². The first-order valence-electron chi connectivity index (χ1n) is 7.87. The van der Waals surface area contributed by atoms with Crippen LogP contribution in [-0.2, 0) is 4.57 Å². The van der Waals surface area contributed by atoms with Gasteiger partial charge in [0.1, 0.15) is 7.14 Å². The Morgan fingerprint density at radius 3 is 2.84 bits per heavy atom. The summed E-state index contributed by atoms with van der Waals surface area (Å²) in [7, 11) is -2.42. The lowest BCUT2D eigenvalue weighted by Crippen LogP contribution is -2.20. The molecule has 0 aliphatic carbocycles. The molecule has 2 heterocycles. The molecule has 0 unspecified atom stereocenters. The van der Waals surface area contributed by atoms with Crippen LogP contribution in [0.3, 0.4) is 0 Å². The van der Waals surface area contributed by atoms with E-state index < -0.39 is 7.14 Å². The number of fused-ring (bicyclic) bond motifs is 1. The van der Waals surface area contributed by atoms with Crippen LogP contribution < -0.4 is 10.6 Å². The molecule has 0 radical (unpaired) electrons. The summed E-state index contributed by atoms with van der Waals surface area (Å²) in [6.45, 7) is 5.30. The number of hydrogen-bond acceptors (Lipinski definition) is 5. The number of aliphatic hydroxyl groups is 1. The fourth-order valence-electron chi connectivity index (χ4n) is 2.67. The Hall–Kier alpha value is -1.88. The smallest absolute Gasteiger partial charge is 0.223 e. The van der Waals surface area contributed by atoms with Crippen LogP contribution in [0.4, 0.5) is 5.95 Å². The Kier molecular flexibility index (Phi) is 4.87. The van der Waals surface area contributed by atoms with Crippen molar-refractivity contribution < 1.29 is 9.67 Å². The van der Waals surface area contributed by atoms with E-state index in [0.717, 1.165) is 21.8 Å². The molecule has 132 valence electrons. The molecule has 1 aromatic carbocycles. The van der Waals surface area contributed by atoms with Crippen molar-refractivity contribution in [3.63, 3.8) is 0 Å². The number of rotatable bonds is 5. The summed E-state index contributed by atoms with van der Waals surface area (Å²) in [6.07, 6.45) is 3.35. The van der Waals surface area contributed by atoms with Crippen molar-refractivity contribution in [2.24, 2.45) is 0 Å². The molecular formula is C17H20ClN4O2P. The van der Waals surface area contributed by atoms with Crippen molar-refractivity contribution >= 4 is 40.9 Å². The van der Waals surface area contributed by atoms with Crippen LogP contribution in [-0.4, -0.2) is 46.0 Å². The first-order valence-corrected chi connectivity index (χ1v) is 10.8. The lowest BCUT2D eigenvalue weighted by atomic mass is 10.1. The highest BCUT2D eigenvalue weighted by molar-refractivity contribution is 7.70. The van der Waals surface area contributed by atoms with E-state index in [9.17, 15) is 9.67 Å². The van der Waals surface area contributed by atoms with Crippen molar-refractivity contribution in [3.8, 4) is 11.3 Å². The van der Waals surface area contributed by atoms with Crippen LogP contribution in [0.1, 0.15) is 6.92 Å². The zero-order chi connectivity index (χ0) is 18.2. The lowest BCUT2D eigenvalue weighted by Gasteiger charge is -2.12. The molecule has 6 nitrogen and oxygen atoms in total. The molecule has 1 atom stereocenters. The van der Waals surface area contributed by atoms with Gasteiger partial charge in [-0.1, -0.05) is 23.7 Å². The van der Waals surface area contributed by atoms with Crippen molar-refractivity contribution in [2.75, 3.05) is 25.3 Å². The van der Waals surface area contributed by atoms with Gasteiger partial charge in [0.25, 0.3) is 0 Å². The second kappa shape index (κ2) is 6.79. The number of anilines is 1. The van der Waals surface area contributed by atoms with Gasteiger partial charge in [-0.3, -0.25) is 0 Å². The van der Waals surface area contributed by atoms with E-state index >= 15 is 0 Å². The fraction of sp³-hybridized carbons (Fsp3) is 0.294. The summed E-state index contributed by atoms with van der Waals surface area (Å²) in [5, 5.41) is 14.3. The predicted molar refractivity (Wildman–Crippen MR) is 104 cm³/mol. The van der Waals surface area contributed by atoms with Gasteiger partial charge in [0.15, 0.2) is 0 Å². The monoisotopic (exact) mass is 378 g/mol. The summed E-state index contributed by atoms with van der Waals surface area (Å²) < 4.78 is 12.5. The number of halogens is 1. The predicted octanol–water partition coefficient (Wildman–Crippen LogP) is 3.32. The third kappa shape index (κ3) is 3.56. The SMILES string of the molecule is C[C@@H](CO)Nc1ncc(Cl)c(-c2c[nH]c3c(P(C)(C)=O)cccc23)n1. The number of nitrogens with zero attached hydrogens (tertiary/aromatic N) is 2. The number of aromatic amines is 1. The molecule has 25 heavy (non-hydrogen) atoms. The maximum atomic E-state index is 12.5. The normalized spacial score (nSPS) is 13.2.